The van der Waals surface area contributed by atoms with Crippen LogP contribution in [0.2, 0.25) is 0 Å². The van der Waals surface area contributed by atoms with Crippen molar-refractivity contribution in [3.63, 3.8) is 0 Å². The SMILES string of the molecule is CC(C)c1ccc([C@H](NC(=O)Cn2c(=O)cnc3ccccc32)c2cccs2)cc1. The molecule has 4 rings (SSSR count). The molecule has 0 aliphatic carbocycles. The van der Waals surface area contributed by atoms with Crippen LogP contribution in [0.15, 0.2) is 77.0 Å². The van der Waals surface area contributed by atoms with Crippen LogP contribution in [0.25, 0.3) is 11.0 Å². The predicted octanol–water partition coefficient (Wildman–Crippen LogP) is 4.49. The van der Waals surface area contributed by atoms with E-state index < -0.39 is 0 Å². The molecule has 1 amide bonds. The highest BCUT2D eigenvalue weighted by Gasteiger charge is 2.19. The largest absolute Gasteiger partial charge is 0.343 e. The summed E-state index contributed by atoms with van der Waals surface area (Å²) in [5, 5.41) is 5.11. The number of carbonyl (C=O) groups excluding carboxylic acids is 1. The monoisotopic (exact) mass is 417 g/mol. The Hall–Kier alpha value is -3.25. The van der Waals surface area contributed by atoms with E-state index in [-0.39, 0.29) is 24.1 Å². The van der Waals surface area contributed by atoms with Crippen LogP contribution in [0.4, 0.5) is 0 Å². The van der Waals surface area contributed by atoms with E-state index in [1.54, 1.807) is 17.4 Å². The molecule has 1 atom stereocenters. The van der Waals surface area contributed by atoms with E-state index in [4.69, 9.17) is 0 Å². The van der Waals surface area contributed by atoms with E-state index in [1.165, 1.54) is 16.3 Å². The summed E-state index contributed by atoms with van der Waals surface area (Å²) in [7, 11) is 0. The smallest absolute Gasteiger partial charge is 0.269 e. The predicted molar refractivity (Wildman–Crippen MR) is 121 cm³/mol. The molecule has 0 unspecified atom stereocenters. The molecule has 6 heteroatoms. The summed E-state index contributed by atoms with van der Waals surface area (Å²) in [4.78, 5) is 30.6. The third kappa shape index (κ3) is 4.19. The molecule has 0 saturated heterocycles. The van der Waals surface area contributed by atoms with Gasteiger partial charge in [-0.05, 0) is 40.6 Å². The molecule has 2 heterocycles. The zero-order valence-electron chi connectivity index (χ0n) is 16.9. The van der Waals surface area contributed by atoms with Crippen LogP contribution in [0, 0.1) is 0 Å². The Morgan fingerprint density at radius 3 is 2.47 bits per heavy atom. The number of nitrogens with one attached hydrogen (secondary N) is 1. The Balaban J connectivity index is 1.62. The second-order valence-electron chi connectivity index (χ2n) is 7.51. The van der Waals surface area contributed by atoms with Crippen molar-refractivity contribution in [3.05, 3.63) is 98.6 Å². The van der Waals surface area contributed by atoms with Crippen molar-refractivity contribution in [1.29, 1.82) is 0 Å². The number of carbonyl (C=O) groups is 1. The fourth-order valence-electron chi connectivity index (χ4n) is 3.48. The number of amides is 1. The molecule has 30 heavy (non-hydrogen) atoms. The van der Waals surface area contributed by atoms with Gasteiger partial charge in [0.15, 0.2) is 0 Å². The molecular formula is C24H23N3O2S. The van der Waals surface area contributed by atoms with Crippen molar-refractivity contribution in [1.82, 2.24) is 14.9 Å². The summed E-state index contributed by atoms with van der Waals surface area (Å²) in [6, 6.07) is 19.4. The average molecular weight is 418 g/mol. The minimum absolute atomic E-state index is 0.0617. The number of thiophene rings is 1. The second kappa shape index (κ2) is 8.63. The van der Waals surface area contributed by atoms with Gasteiger partial charge in [0.25, 0.3) is 5.56 Å². The van der Waals surface area contributed by atoms with Crippen molar-refractivity contribution in [2.45, 2.75) is 32.4 Å². The lowest BCUT2D eigenvalue weighted by Crippen LogP contribution is -2.35. The lowest BCUT2D eigenvalue weighted by molar-refractivity contribution is -0.122. The molecule has 0 aliphatic heterocycles. The number of rotatable bonds is 6. The van der Waals surface area contributed by atoms with Gasteiger partial charge < -0.3 is 5.32 Å². The number of hydrogen-bond acceptors (Lipinski definition) is 4. The van der Waals surface area contributed by atoms with Crippen LogP contribution in [0.1, 0.15) is 41.8 Å². The summed E-state index contributed by atoms with van der Waals surface area (Å²) >= 11 is 1.60. The van der Waals surface area contributed by atoms with Gasteiger partial charge in [-0.3, -0.25) is 14.2 Å². The molecule has 2 aromatic carbocycles. The van der Waals surface area contributed by atoms with Gasteiger partial charge in [-0.2, -0.15) is 0 Å². The topological polar surface area (TPSA) is 64.0 Å². The Morgan fingerprint density at radius 1 is 1.03 bits per heavy atom. The molecule has 0 fully saturated rings. The minimum Gasteiger partial charge on any atom is -0.343 e. The number of fused-ring (bicyclic) bond motifs is 1. The molecule has 0 radical (unpaired) electrons. The van der Waals surface area contributed by atoms with Crippen LogP contribution < -0.4 is 10.9 Å². The van der Waals surface area contributed by atoms with Crippen molar-refractivity contribution in [2.75, 3.05) is 0 Å². The maximum atomic E-state index is 13.0. The fraction of sp³-hybridized carbons (Fsp3) is 0.208. The van der Waals surface area contributed by atoms with E-state index in [0.29, 0.717) is 17.0 Å². The quantitative estimate of drug-likeness (QED) is 0.503. The third-order valence-corrected chi connectivity index (χ3v) is 6.06. The van der Waals surface area contributed by atoms with Crippen molar-refractivity contribution < 1.29 is 4.79 Å². The van der Waals surface area contributed by atoms with E-state index in [0.717, 1.165) is 10.4 Å². The zero-order chi connectivity index (χ0) is 21.1. The Morgan fingerprint density at radius 2 is 1.77 bits per heavy atom. The molecule has 4 aromatic rings. The standard InChI is InChI=1S/C24H23N3O2S/c1-16(2)17-9-11-18(12-10-17)24(21-8-5-13-30-21)26-22(28)15-27-20-7-4-3-6-19(20)25-14-23(27)29/h3-14,16,24H,15H2,1-2H3,(H,26,28)/t24-/m0/s1. The molecule has 1 N–H and O–H groups in total. The molecule has 2 aromatic heterocycles. The minimum atomic E-state index is -0.294. The second-order valence-corrected chi connectivity index (χ2v) is 8.49. The zero-order valence-corrected chi connectivity index (χ0v) is 17.7. The number of hydrogen-bond donors (Lipinski definition) is 1. The van der Waals surface area contributed by atoms with Gasteiger partial charge in [0.05, 0.1) is 23.3 Å². The molecule has 0 bridgehead atoms. The number of benzene rings is 2. The lowest BCUT2D eigenvalue weighted by atomic mass is 9.98. The lowest BCUT2D eigenvalue weighted by Gasteiger charge is -2.20. The van der Waals surface area contributed by atoms with Crippen LogP contribution in [0.3, 0.4) is 0 Å². The van der Waals surface area contributed by atoms with Gasteiger partial charge in [-0.15, -0.1) is 11.3 Å². The van der Waals surface area contributed by atoms with Crippen molar-refractivity contribution in [3.8, 4) is 0 Å². The first-order chi connectivity index (χ1) is 14.5. The van der Waals surface area contributed by atoms with E-state index in [9.17, 15) is 9.59 Å². The Kier molecular flexibility index (Phi) is 5.77. The number of aromatic nitrogens is 2. The Bertz CT molecular complexity index is 1210. The molecule has 0 spiro atoms. The molecule has 0 saturated carbocycles. The summed E-state index contributed by atoms with van der Waals surface area (Å²) in [5.74, 6) is 0.223. The first kappa shape index (κ1) is 20.0. The van der Waals surface area contributed by atoms with E-state index in [2.05, 4.69) is 48.4 Å². The highest BCUT2D eigenvalue weighted by molar-refractivity contribution is 7.10. The molecule has 5 nitrogen and oxygen atoms in total. The number of nitrogens with zero attached hydrogens (tertiary/aromatic N) is 2. The van der Waals surface area contributed by atoms with Crippen LogP contribution in [-0.2, 0) is 11.3 Å². The van der Waals surface area contributed by atoms with Gasteiger partial charge >= 0.3 is 0 Å². The first-order valence-corrected chi connectivity index (χ1v) is 10.8. The van der Waals surface area contributed by atoms with Gasteiger partial charge in [-0.25, -0.2) is 4.98 Å². The number of para-hydroxylation sites is 2. The third-order valence-electron chi connectivity index (χ3n) is 5.12. The van der Waals surface area contributed by atoms with Crippen LogP contribution in [0.5, 0.6) is 0 Å². The molecular weight excluding hydrogens is 394 g/mol. The summed E-state index contributed by atoms with van der Waals surface area (Å²) < 4.78 is 1.46. The highest BCUT2D eigenvalue weighted by Crippen LogP contribution is 2.27. The average Bonchev–Trinajstić information content (AvgIpc) is 3.29. The van der Waals surface area contributed by atoms with Gasteiger partial charge in [0.1, 0.15) is 6.54 Å². The highest BCUT2D eigenvalue weighted by atomic mass is 32.1. The summed E-state index contributed by atoms with van der Waals surface area (Å²) in [6.45, 7) is 4.25. The van der Waals surface area contributed by atoms with Gasteiger partial charge in [0, 0.05) is 4.88 Å². The van der Waals surface area contributed by atoms with E-state index in [1.807, 2.05) is 35.7 Å². The molecule has 152 valence electrons. The summed E-state index contributed by atoms with van der Waals surface area (Å²) in [6.07, 6.45) is 1.26. The maximum absolute atomic E-state index is 13.0. The summed E-state index contributed by atoms with van der Waals surface area (Å²) in [5.41, 5.74) is 3.31. The fourth-order valence-corrected chi connectivity index (χ4v) is 4.28. The van der Waals surface area contributed by atoms with Gasteiger partial charge in [0.2, 0.25) is 5.91 Å². The van der Waals surface area contributed by atoms with Crippen molar-refractivity contribution >= 4 is 28.3 Å². The maximum Gasteiger partial charge on any atom is 0.269 e. The first-order valence-electron chi connectivity index (χ1n) is 9.90. The van der Waals surface area contributed by atoms with E-state index >= 15 is 0 Å². The van der Waals surface area contributed by atoms with Crippen LogP contribution >= 0.6 is 11.3 Å². The van der Waals surface area contributed by atoms with Crippen molar-refractivity contribution in [2.24, 2.45) is 0 Å². The Labute approximate surface area is 179 Å². The normalized spacial score (nSPS) is 12.2. The van der Waals surface area contributed by atoms with Gasteiger partial charge in [-0.1, -0.05) is 56.3 Å². The van der Waals surface area contributed by atoms with Crippen LogP contribution in [-0.4, -0.2) is 15.5 Å². The molecule has 0 aliphatic rings.